The normalized spacial score (nSPS) is 12.0. The van der Waals surface area contributed by atoms with Crippen molar-refractivity contribution in [1.29, 1.82) is 0 Å². The lowest BCUT2D eigenvalue weighted by Gasteiger charge is -2.17. The Balaban J connectivity index is 2.15. The van der Waals surface area contributed by atoms with Crippen LogP contribution in [0.15, 0.2) is 40.9 Å². The van der Waals surface area contributed by atoms with Gasteiger partial charge < -0.3 is 14.8 Å². The summed E-state index contributed by atoms with van der Waals surface area (Å²) in [6.07, 6.45) is 1.11. The van der Waals surface area contributed by atoms with Crippen LogP contribution in [0.2, 0.25) is 0 Å². The Morgan fingerprint density at radius 1 is 1.08 bits per heavy atom. The van der Waals surface area contributed by atoms with Crippen molar-refractivity contribution in [1.82, 2.24) is 5.32 Å². The molecule has 0 aliphatic carbocycles. The number of nitrogens with one attached hydrogen (secondary N) is 1. The number of benzene rings is 2. The van der Waals surface area contributed by atoms with Gasteiger partial charge in [0, 0.05) is 12.6 Å². The molecule has 0 spiro atoms. The number of halogens is 1. The number of aryl methyl sites for hydroxylation is 1. The van der Waals surface area contributed by atoms with E-state index in [0.717, 1.165) is 34.5 Å². The van der Waals surface area contributed by atoms with Gasteiger partial charge in [0.05, 0.1) is 11.1 Å². The number of rotatable bonds is 9. The maximum absolute atomic E-state index is 6.07. The molecule has 3 nitrogen and oxygen atoms in total. The lowest BCUT2D eigenvalue weighted by molar-refractivity contribution is 0.267. The molecular formula is C21H28BrNO2. The first-order valence-electron chi connectivity index (χ1n) is 8.90. The summed E-state index contributed by atoms with van der Waals surface area (Å²) < 4.78 is 12.8. The zero-order chi connectivity index (χ0) is 18.2. The highest BCUT2D eigenvalue weighted by molar-refractivity contribution is 9.10. The van der Waals surface area contributed by atoms with E-state index < -0.39 is 0 Å². The molecule has 2 aromatic rings. The quantitative estimate of drug-likeness (QED) is 0.586. The van der Waals surface area contributed by atoms with E-state index in [1.54, 1.807) is 0 Å². The topological polar surface area (TPSA) is 30.5 Å². The summed E-state index contributed by atoms with van der Waals surface area (Å²) in [5.74, 6) is 1.54. The molecule has 0 heterocycles. The van der Waals surface area contributed by atoms with Gasteiger partial charge in [0.15, 0.2) is 11.5 Å². The molecule has 25 heavy (non-hydrogen) atoms. The van der Waals surface area contributed by atoms with Crippen LogP contribution in [0, 0.1) is 6.92 Å². The zero-order valence-corrected chi connectivity index (χ0v) is 17.2. The summed E-state index contributed by atoms with van der Waals surface area (Å²) in [4.78, 5) is 0. The fourth-order valence-corrected chi connectivity index (χ4v) is 3.12. The summed E-state index contributed by atoms with van der Waals surface area (Å²) >= 11 is 3.65. The Labute approximate surface area is 159 Å². The van der Waals surface area contributed by atoms with Gasteiger partial charge in [0.1, 0.15) is 6.61 Å². The lowest BCUT2D eigenvalue weighted by atomic mass is 10.1. The van der Waals surface area contributed by atoms with Crippen molar-refractivity contribution in [2.75, 3.05) is 6.61 Å². The Bertz CT molecular complexity index is 688. The number of hydrogen-bond donors (Lipinski definition) is 1. The van der Waals surface area contributed by atoms with Crippen LogP contribution in [-0.4, -0.2) is 12.6 Å². The fraction of sp³-hybridized carbons (Fsp3) is 0.429. The lowest BCUT2D eigenvalue weighted by Crippen LogP contribution is -2.24. The van der Waals surface area contributed by atoms with Gasteiger partial charge in [0.25, 0.3) is 0 Å². The van der Waals surface area contributed by atoms with Crippen molar-refractivity contribution in [2.45, 2.75) is 53.3 Å². The molecule has 0 amide bonds. The van der Waals surface area contributed by atoms with E-state index in [0.29, 0.717) is 19.3 Å². The van der Waals surface area contributed by atoms with Crippen LogP contribution in [0.1, 0.15) is 43.9 Å². The molecule has 1 N–H and O–H groups in total. The molecule has 0 saturated carbocycles. The summed E-state index contributed by atoms with van der Waals surface area (Å²) in [7, 11) is 0. The van der Waals surface area contributed by atoms with E-state index in [9.17, 15) is 0 Å². The van der Waals surface area contributed by atoms with E-state index in [1.165, 1.54) is 11.1 Å². The van der Waals surface area contributed by atoms with Crippen molar-refractivity contribution >= 4 is 15.9 Å². The highest BCUT2D eigenvalue weighted by Gasteiger charge is 2.13. The molecule has 136 valence electrons. The second kappa shape index (κ2) is 9.83. The standard InChI is InChI=1S/C21H28BrNO2/c1-5-16(4)23-13-18-11-19(22)21(20(12-18)24-6-2)25-14-17-9-7-8-15(3)10-17/h7-12,16,23H,5-6,13-14H2,1-4H3/t16-/m0/s1. The van der Waals surface area contributed by atoms with E-state index in [4.69, 9.17) is 9.47 Å². The van der Waals surface area contributed by atoms with E-state index in [-0.39, 0.29) is 0 Å². The molecule has 2 aromatic carbocycles. The smallest absolute Gasteiger partial charge is 0.175 e. The first kappa shape index (κ1) is 19.8. The van der Waals surface area contributed by atoms with Gasteiger partial charge in [-0.05, 0) is 66.4 Å². The fourth-order valence-electron chi connectivity index (χ4n) is 2.52. The Morgan fingerprint density at radius 3 is 2.56 bits per heavy atom. The second-order valence-electron chi connectivity index (χ2n) is 6.31. The van der Waals surface area contributed by atoms with Crippen molar-refractivity contribution in [2.24, 2.45) is 0 Å². The molecule has 0 radical (unpaired) electrons. The van der Waals surface area contributed by atoms with Crippen LogP contribution >= 0.6 is 15.9 Å². The molecular weight excluding hydrogens is 378 g/mol. The Morgan fingerprint density at radius 2 is 1.88 bits per heavy atom. The van der Waals surface area contributed by atoms with Crippen molar-refractivity contribution in [3.05, 3.63) is 57.6 Å². The molecule has 0 aliphatic heterocycles. The molecule has 4 heteroatoms. The van der Waals surface area contributed by atoms with Gasteiger partial charge in [-0.2, -0.15) is 0 Å². The molecule has 1 atom stereocenters. The average Bonchev–Trinajstić information content (AvgIpc) is 2.59. The van der Waals surface area contributed by atoms with Gasteiger partial charge in [-0.3, -0.25) is 0 Å². The van der Waals surface area contributed by atoms with Crippen LogP contribution in [0.5, 0.6) is 11.5 Å². The van der Waals surface area contributed by atoms with Crippen LogP contribution in [-0.2, 0) is 13.2 Å². The van der Waals surface area contributed by atoms with Gasteiger partial charge in [-0.15, -0.1) is 0 Å². The largest absolute Gasteiger partial charge is 0.490 e. The molecule has 0 aliphatic rings. The van der Waals surface area contributed by atoms with Gasteiger partial charge in [-0.1, -0.05) is 36.8 Å². The summed E-state index contributed by atoms with van der Waals surface area (Å²) in [6, 6.07) is 13.0. The van der Waals surface area contributed by atoms with E-state index in [2.05, 4.69) is 78.4 Å². The molecule has 0 aromatic heterocycles. The average molecular weight is 406 g/mol. The third-order valence-corrected chi connectivity index (χ3v) is 4.69. The molecule has 0 saturated heterocycles. The predicted molar refractivity (Wildman–Crippen MR) is 107 cm³/mol. The second-order valence-corrected chi connectivity index (χ2v) is 7.16. The summed E-state index contributed by atoms with van der Waals surface area (Å²) in [5, 5.41) is 3.51. The Hall–Kier alpha value is -1.52. The molecule has 0 unspecified atom stereocenters. The predicted octanol–water partition coefficient (Wildman–Crippen LogP) is 5.62. The van der Waals surface area contributed by atoms with Crippen molar-refractivity contribution in [3.8, 4) is 11.5 Å². The minimum atomic E-state index is 0.492. The maximum atomic E-state index is 6.07. The molecule has 0 bridgehead atoms. The third-order valence-electron chi connectivity index (χ3n) is 4.10. The van der Waals surface area contributed by atoms with E-state index in [1.807, 2.05) is 6.92 Å². The minimum absolute atomic E-state index is 0.492. The Kier molecular flexibility index (Phi) is 7.79. The first-order valence-corrected chi connectivity index (χ1v) is 9.69. The van der Waals surface area contributed by atoms with Gasteiger partial charge in [-0.25, -0.2) is 0 Å². The third kappa shape index (κ3) is 6.05. The highest BCUT2D eigenvalue weighted by atomic mass is 79.9. The maximum Gasteiger partial charge on any atom is 0.175 e. The first-order chi connectivity index (χ1) is 12.0. The van der Waals surface area contributed by atoms with Gasteiger partial charge in [0.2, 0.25) is 0 Å². The van der Waals surface area contributed by atoms with Crippen molar-refractivity contribution < 1.29 is 9.47 Å². The number of ether oxygens (including phenoxy) is 2. The summed E-state index contributed by atoms with van der Waals surface area (Å²) in [6.45, 7) is 10.4. The van der Waals surface area contributed by atoms with E-state index >= 15 is 0 Å². The van der Waals surface area contributed by atoms with Crippen LogP contribution < -0.4 is 14.8 Å². The zero-order valence-electron chi connectivity index (χ0n) is 15.6. The SMILES string of the molecule is CCOc1cc(CN[C@@H](C)CC)cc(Br)c1OCc1cccc(C)c1. The van der Waals surface area contributed by atoms with Crippen LogP contribution in [0.25, 0.3) is 0 Å². The van der Waals surface area contributed by atoms with Gasteiger partial charge >= 0.3 is 0 Å². The number of hydrogen-bond acceptors (Lipinski definition) is 3. The minimum Gasteiger partial charge on any atom is -0.490 e. The van der Waals surface area contributed by atoms with Crippen LogP contribution in [0.3, 0.4) is 0 Å². The molecule has 2 rings (SSSR count). The van der Waals surface area contributed by atoms with Crippen LogP contribution in [0.4, 0.5) is 0 Å². The summed E-state index contributed by atoms with van der Waals surface area (Å²) in [5.41, 5.74) is 3.56. The highest BCUT2D eigenvalue weighted by Crippen LogP contribution is 2.37. The monoisotopic (exact) mass is 405 g/mol. The molecule has 0 fully saturated rings. The van der Waals surface area contributed by atoms with Crippen molar-refractivity contribution in [3.63, 3.8) is 0 Å².